The lowest BCUT2D eigenvalue weighted by Gasteiger charge is -2.37. The third kappa shape index (κ3) is 2.91. The van der Waals surface area contributed by atoms with Crippen molar-refractivity contribution in [2.45, 2.75) is 51.4 Å². The van der Waals surface area contributed by atoms with Crippen molar-refractivity contribution in [2.75, 3.05) is 13.1 Å². The van der Waals surface area contributed by atoms with Gasteiger partial charge >= 0.3 is 0 Å². The molecule has 3 aromatic rings. The summed E-state index contributed by atoms with van der Waals surface area (Å²) in [6.45, 7) is 3.95. The number of likely N-dealkylation sites (tertiary alicyclic amines) is 1. The fourth-order valence-corrected chi connectivity index (χ4v) is 4.66. The molecule has 6 heteroatoms. The van der Waals surface area contributed by atoms with Gasteiger partial charge in [-0.2, -0.15) is 0 Å². The Kier molecular flexibility index (Phi) is 4.14. The maximum atomic E-state index is 12.8. The highest BCUT2D eigenvalue weighted by atomic mass is 16.2. The Labute approximate surface area is 159 Å². The van der Waals surface area contributed by atoms with Crippen LogP contribution in [0, 0.1) is 11.8 Å². The van der Waals surface area contributed by atoms with E-state index in [1.165, 1.54) is 19.3 Å². The molecule has 2 unspecified atom stereocenters. The molecule has 5 rings (SSSR count). The SMILES string of the molecule is CC1CCN(C(=O)CCC2CCC2)CC1c1ncc2cnc3[nH]ccc3n12. The van der Waals surface area contributed by atoms with Crippen molar-refractivity contribution in [2.24, 2.45) is 11.8 Å². The number of imidazole rings is 1. The highest BCUT2D eigenvalue weighted by Gasteiger charge is 2.33. The molecule has 4 heterocycles. The van der Waals surface area contributed by atoms with E-state index in [0.717, 1.165) is 54.4 Å². The Morgan fingerprint density at radius 3 is 2.93 bits per heavy atom. The third-order valence-corrected chi connectivity index (χ3v) is 6.72. The summed E-state index contributed by atoms with van der Waals surface area (Å²) in [7, 11) is 0. The zero-order valence-electron chi connectivity index (χ0n) is 15.9. The molecular weight excluding hydrogens is 338 g/mol. The molecule has 1 N–H and O–H groups in total. The molecule has 3 aromatic heterocycles. The van der Waals surface area contributed by atoms with Gasteiger partial charge in [0.05, 0.1) is 23.4 Å². The number of fused-ring (bicyclic) bond motifs is 3. The van der Waals surface area contributed by atoms with Gasteiger partial charge < -0.3 is 9.88 Å². The molecule has 1 aliphatic carbocycles. The van der Waals surface area contributed by atoms with Crippen LogP contribution in [0.15, 0.2) is 24.7 Å². The van der Waals surface area contributed by atoms with Crippen LogP contribution in [0.3, 0.4) is 0 Å². The highest BCUT2D eigenvalue weighted by molar-refractivity contribution is 5.77. The van der Waals surface area contributed by atoms with Crippen LogP contribution in [-0.2, 0) is 4.79 Å². The van der Waals surface area contributed by atoms with Crippen LogP contribution in [0.4, 0.5) is 0 Å². The summed E-state index contributed by atoms with van der Waals surface area (Å²) in [5.41, 5.74) is 2.94. The average molecular weight is 365 g/mol. The number of carbonyl (C=O) groups excluding carboxylic acids is 1. The quantitative estimate of drug-likeness (QED) is 0.766. The van der Waals surface area contributed by atoms with E-state index >= 15 is 0 Å². The fraction of sp³-hybridized carbons (Fsp3) is 0.571. The standard InChI is InChI=1S/C21H27N5O/c1-14-8-10-25(19(27)6-5-15-3-2-4-15)13-17(14)21-24-12-16-11-23-20-18(26(16)21)7-9-22-20/h7,9,11-12,14-15,17,22H,2-6,8,10,13H2,1H3. The average Bonchev–Trinajstić information content (AvgIpc) is 3.26. The van der Waals surface area contributed by atoms with Crippen LogP contribution >= 0.6 is 0 Å². The van der Waals surface area contributed by atoms with Gasteiger partial charge in [0.15, 0.2) is 5.65 Å². The smallest absolute Gasteiger partial charge is 0.222 e. The molecule has 142 valence electrons. The Balaban J connectivity index is 1.40. The summed E-state index contributed by atoms with van der Waals surface area (Å²) in [6.07, 6.45) is 12.5. The molecular formula is C21H27N5O. The molecule has 1 saturated carbocycles. The van der Waals surface area contributed by atoms with Gasteiger partial charge in [0.2, 0.25) is 5.91 Å². The molecule has 2 aliphatic rings. The second-order valence-electron chi connectivity index (χ2n) is 8.39. The van der Waals surface area contributed by atoms with Crippen LogP contribution < -0.4 is 0 Å². The maximum absolute atomic E-state index is 12.8. The molecule has 1 aliphatic heterocycles. The van der Waals surface area contributed by atoms with E-state index in [2.05, 4.69) is 32.3 Å². The number of hydrogen-bond donors (Lipinski definition) is 1. The van der Waals surface area contributed by atoms with E-state index in [4.69, 9.17) is 4.98 Å². The van der Waals surface area contributed by atoms with Crippen LogP contribution in [0.5, 0.6) is 0 Å². The molecule has 1 amide bonds. The lowest BCUT2D eigenvalue weighted by Crippen LogP contribution is -2.42. The molecule has 6 nitrogen and oxygen atoms in total. The van der Waals surface area contributed by atoms with Gasteiger partial charge in [0.25, 0.3) is 0 Å². The number of carbonyl (C=O) groups is 1. The Morgan fingerprint density at radius 2 is 2.11 bits per heavy atom. The van der Waals surface area contributed by atoms with Crippen LogP contribution in [0.1, 0.15) is 57.2 Å². The second-order valence-corrected chi connectivity index (χ2v) is 8.39. The van der Waals surface area contributed by atoms with Crippen molar-refractivity contribution in [3.8, 4) is 0 Å². The fourth-order valence-electron chi connectivity index (χ4n) is 4.66. The first-order chi connectivity index (χ1) is 13.2. The second kappa shape index (κ2) is 6.66. The van der Waals surface area contributed by atoms with Crippen LogP contribution in [0.25, 0.3) is 16.7 Å². The van der Waals surface area contributed by atoms with Crippen molar-refractivity contribution in [1.29, 1.82) is 0 Å². The minimum absolute atomic E-state index is 0.259. The molecule has 2 fully saturated rings. The number of nitrogens with zero attached hydrogens (tertiary/aromatic N) is 4. The Hall–Kier alpha value is -2.37. The van der Waals surface area contributed by atoms with Gasteiger partial charge in [-0.15, -0.1) is 0 Å². The molecule has 0 aromatic carbocycles. The lowest BCUT2D eigenvalue weighted by molar-refractivity contribution is -0.133. The van der Waals surface area contributed by atoms with E-state index in [0.29, 0.717) is 18.2 Å². The zero-order chi connectivity index (χ0) is 18.4. The maximum Gasteiger partial charge on any atom is 0.222 e. The number of rotatable bonds is 4. The summed E-state index contributed by atoms with van der Waals surface area (Å²) in [4.78, 5) is 27.3. The Bertz CT molecular complexity index is 969. The van der Waals surface area contributed by atoms with E-state index in [1.807, 2.05) is 18.6 Å². The summed E-state index contributed by atoms with van der Waals surface area (Å²) in [5.74, 6) is 2.94. The van der Waals surface area contributed by atoms with Gasteiger partial charge in [0, 0.05) is 31.6 Å². The van der Waals surface area contributed by atoms with Crippen molar-refractivity contribution in [3.63, 3.8) is 0 Å². The van der Waals surface area contributed by atoms with Crippen molar-refractivity contribution < 1.29 is 4.79 Å². The molecule has 1 saturated heterocycles. The first kappa shape index (κ1) is 16.8. The molecule has 0 bridgehead atoms. The normalized spacial score (nSPS) is 23.8. The number of hydrogen-bond acceptors (Lipinski definition) is 3. The van der Waals surface area contributed by atoms with Crippen molar-refractivity contribution in [1.82, 2.24) is 24.3 Å². The van der Waals surface area contributed by atoms with Gasteiger partial charge in [-0.3, -0.25) is 9.20 Å². The number of aromatic amines is 1. The number of nitrogens with one attached hydrogen (secondary N) is 1. The van der Waals surface area contributed by atoms with Crippen molar-refractivity contribution >= 4 is 22.6 Å². The minimum atomic E-state index is 0.259. The summed E-state index contributed by atoms with van der Waals surface area (Å²) >= 11 is 0. The third-order valence-electron chi connectivity index (χ3n) is 6.72. The van der Waals surface area contributed by atoms with E-state index in [1.54, 1.807) is 0 Å². The first-order valence-corrected chi connectivity index (χ1v) is 10.3. The number of H-pyrrole nitrogens is 1. The molecule has 0 spiro atoms. The van der Waals surface area contributed by atoms with Crippen LogP contribution in [0.2, 0.25) is 0 Å². The Morgan fingerprint density at radius 1 is 1.26 bits per heavy atom. The predicted octanol–water partition coefficient (Wildman–Crippen LogP) is 3.74. The first-order valence-electron chi connectivity index (χ1n) is 10.3. The summed E-state index contributed by atoms with van der Waals surface area (Å²) in [5, 5.41) is 0. The van der Waals surface area contributed by atoms with Gasteiger partial charge in [-0.25, -0.2) is 9.97 Å². The number of aromatic nitrogens is 4. The largest absolute Gasteiger partial charge is 0.345 e. The number of piperidine rings is 1. The van der Waals surface area contributed by atoms with Gasteiger partial charge in [-0.1, -0.05) is 26.2 Å². The summed E-state index contributed by atoms with van der Waals surface area (Å²) in [6, 6.07) is 2.05. The minimum Gasteiger partial charge on any atom is -0.345 e. The summed E-state index contributed by atoms with van der Waals surface area (Å²) < 4.78 is 2.21. The lowest BCUT2D eigenvalue weighted by atomic mass is 9.81. The van der Waals surface area contributed by atoms with Gasteiger partial charge in [-0.05, 0) is 30.7 Å². The highest BCUT2D eigenvalue weighted by Crippen LogP contribution is 2.34. The topological polar surface area (TPSA) is 66.3 Å². The van der Waals surface area contributed by atoms with E-state index in [-0.39, 0.29) is 5.92 Å². The van der Waals surface area contributed by atoms with Gasteiger partial charge in [0.1, 0.15) is 5.82 Å². The zero-order valence-corrected chi connectivity index (χ0v) is 15.9. The predicted molar refractivity (Wildman–Crippen MR) is 105 cm³/mol. The van der Waals surface area contributed by atoms with Crippen molar-refractivity contribution in [3.05, 3.63) is 30.5 Å². The number of amides is 1. The molecule has 0 radical (unpaired) electrons. The van der Waals surface area contributed by atoms with E-state index < -0.39 is 0 Å². The molecule has 2 atom stereocenters. The van der Waals surface area contributed by atoms with Crippen LogP contribution in [-0.4, -0.2) is 43.2 Å². The monoisotopic (exact) mass is 365 g/mol. The molecule has 27 heavy (non-hydrogen) atoms. The van der Waals surface area contributed by atoms with E-state index in [9.17, 15) is 4.79 Å².